The van der Waals surface area contributed by atoms with Gasteiger partial charge < -0.3 is 10.2 Å². The fourth-order valence-electron chi connectivity index (χ4n) is 2.74. The third-order valence-corrected chi connectivity index (χ3v) is 4.25. The molecular formula is C14H27NO3. The monoisotopic (exact) mass is 257 g/mol. The molecule has 0 aliphatic carbocycles. The number of nitrogens with zero attached hydrogens (tertiary/aromatic N) is 1. The molecule has 1 unspecified atom stereocenters. The van der Waals surface area contributed by atoms with E-state index >= 15 is 0 Å². The van der Waals surface area contributed by atoms with E-state index in [4.69, 9.17) is 5.11 Å². The molecule has 1 aliphatic rings. The Labute approximate surface area is 110 Å². The standard InChI is InChI=1S/C14H27NO3/c1-3-14(18,4-2)11-15-10-6-5-7-12(15)8-9-13(16)17/h12,18H,3-11H2,1-2H3,(H,16,17). The van der Waals surface area contributed by atoms with Crippen LogP contribution in [-0.4, -0.2) is 45.8 Å². The zero-order valence-electron chi connectivity index (χ0n) is 11.7. The molecule has 1 heterocycles. The zero-order chi connectivity index (χ0) is 13.6. The Balaban J connectivity index is 2.56. The molecule has 0 aromatic rings. The van der Waals surface area contributed by atoms with Crippen LogP contribution >= 0.6 is 0 Å². The van der Waals surface area contributed by atoms with E-state index < -0.39 is 11.6 Å². The highest BCUT2D eigenvalue weighted by Gasteiger charge is 2.30. The number of rotatable bonds is 7. The third kappa shape index (κ3) is 4.58. The summed E-state index contributed by atoms with van der Waals surface area (Å²) in [6.07, 6.45) is 5.86. The van der Waals surface area contributed by atoms with Crippen LogP contribution in [-0.2, 0) is 4.79 Å². The molecule has 0 amide bonds. The van der Waals surface area contributed by atoms with Gasteiger partial charge in [0.15, 0.2) is 0 Å². The smallest absolute Gasteiger partial charge is 0.303 e. The van der Waals surface area contributed by atoms with Crippen molar-refractivity contribution < 1.29 is 15.0 Å². The minimum atomic E-state index is -0.721. The SMILES string of the molecule is CCC(O)(CC)CN1CCCCC1CCC(=O)O. The fourth-order valence-corrected chi connectivity index (χ4v) is 2.74. The van der Waals surface area contributed by atoms with Gasteiger partial charge in [0, 0.05) is 19.0 Å². The minimum Gasteiger partial charge on any atom is -0.481 e. The first-order chi connectivity index (χ1) is 8.50. The second kappa shape index (κ2) is 7.10. The second-order valence-corrected chi connectivity index (χ2v) is 5.48. The number of carboxylic acids is 1. The van der Waals surface area contributed by atoms with Crippen molar-refractivity contribution in [2.75, 3.05) is 13.1 Å². The number of carboxylic acid groups (broad SMARTS) is 1. The number of piperidine rings is 1. The number of aliphatic hydroxyl groups is 1. The van der Waals surface area contributed by atoms with Gasteiger partial charge in [-0.25, -0.2) is 0 Å². The number of aliphatic carboxylic acids is 1. The van der Waals surface area contributed by atoms with Crippen LogP contribution < -0.4 is 0 Å². The minimum absolute atomic E-state index is 0.234. The lowest BCUT2D eigenvalue weighted by Crippen LogP contribution is -2.49. The molecule has 0 aromatic heterocycles. The van der Waals surface area contributed by atoms with Crippen LogP contribution in [0.2, 0.25) is 0 Å². The predicted molar refractivity (Wildman–Crippen MR) is 71.6 cm³/mol. The summed E-state index contributed by atoms with van der Waals surface area (Å²) in [6, 6.07) is 0.333. The maximum Gasteiger partial charge on any atom is 0.303 e. The van der Waals surface area contributed by atoms with Crippen molar-refractivity contribution in [1.82, 2.24) is 4.90 Å². The highest BCUT2D eigenvalue weighted by molar-refractivity contribution is 5.66. The Bertz CT molecular complexity index is 264. The highest BCUT2D eigenvalue weighted by Crippen LogP contribution is 2.25. The van der Waals surface area contributed by atoms with Gasteiger partial charge in [-0.3, -0.25) is 9.69 Å². The average Bonchev–Trinajstić information content (AvgIpc) is 2.37. The molecule has 1 atom stereocenters. The van der Waals surface area contributed by atoms with Crippen molar-refractivity contribution >= 4 is 5.97 Å². The van der Waals surface area contributed by atoms with Crippen molar-refractivity contribution in [2.45, 2.75) is 70.4 Å². The van der Waals surface area contributed by atoms with E-state index in [0.29, 0.717) is 19.0 Å². The van der Waals surface area contributed by atoms with Crippen LogP contribution in [0.4, 0.5) is 0 Å². The van der Waals surface area contributed by atoms with E-state index in [-0.39, 0.29) is 6.42 Å². The summed E-state index contributed by atoms with van der Waals surface area (Å²) < 4.78 is 0. The maximum absolute atomic E-state index is 10.7. The van der Waals surface area contributed by atoms with E-state index in [9.17, 15) is 9.90 Å². The summed E-state index contributed by atoms with van der Waals surface area (Å²) in [7, 11) is 0. The van der Waals surface area contributed by atoms with Crippen molar-refractivity contribution in [3.05, 3.63) is 0 Å². The molecule has 4 heteroatoms. The molecule has 1 saturated heterocycles. The summed E-state index contributed by atoms with van der Waals surface area (Å²) in [6.45, 7) is 5.70. The first-order valence-corrected chi connectivity index (χ1v) is 7.19. The quantitative estimate of drug-likeness (QED) is 0.734. The van der Waals surface area contributed by atoms with E-state index in [1.165, 1.54) is 6.42 Å². The highest BCUT2D eigenvalue weighted by atomic mass is 16.4. The van der Waals surface area contributed by atoms with Crippen molar-refractivity contribution in [2.24, 2.45) is 0 Å². The summed E-state index contributed by atoms with van der Waals surface area (Å²) in [5.41, 5.74) is -0.612. The molecule has 1 aliphatic heterocycles. The van der Waals surface area contributed by atoms with Crippen LogP contribution in [0.5, 0.6) is 0 Å². The van der Waals surface area contributed by atoms with Crippen LogP contribution in [0, 0.1) is 0 Å². The van der Waals surface area contributed by atoms with Crippen molar-refractivity contribution in [3.8, 4) is 0 Å². The molecule has 4 nitrogen and oxygen atoms in total. The van der Waals surface area contributed by atoms with E-state index in [2.05, 4.69) is 4.90 Å². The molecule has 0 saturated carbocycles. The van der Waals surface area contributed by atoms with Gasteiger partial charge in [-0.05, 0) is 38.6 Å². The molecule has 0 radical (unpaired) electrons. The Morgan fingerprint density at radius 3 is 2.56 bits per heavy atom. The number of likely N-dealkylation sites (tertiary alicyclic amines) is 1. The Morgan fingerprint density at radius 2 is 2.00 bits per heavy atom. The Kier molecular flexibility index (Phi) is 6.09. The molecule has 18 heavy (non-hydrogen) atoms. The molecule has 2 N–H and O–H groups in total. The van der Waals surface area contributed by atoms with Gasteiger partial charge in [0.1, 0.15) is 0 Å². The lowest BCUT2D eigenvalue weighted by Gasteiger charge is -2.40. The lowest BCUT2D eigenvalue weighted by atomic mass is 9.92. The van der Waals surface area contributed by atoms with Gasteiger partial charge in [0.2, 0.25) is 0 Å². The van der Waals surface area contributed by atoms with Gasteiger partial charge >= 0.3 is 5.97 Å². The molecule has 1 rings (SSSR count). The molecule has 0 spiro atoms. The summed E-state index contributed by atoms with van der Waals surface area (Å²) in [5.74, 6) is -0.721. The third-order valence-electron chi connectivity index (χ3n) is 4.25. The first kappa shape index (κ1) is 15.4. The Morgan fingerprint density at radius 1 is 1.33 bits per heavy atom. The van der Waals surface area contributed by atoms with E-state index in [1.807, 2.05) is 13.8 Å². The summed E-state index contributed by atoms with van der Waals surface area (Å²) >= 11 is 0. The lowest BCUT2D eigenvalue weighted by molar-refractivity contribution is -0.137. The van der Waals surface area contributed by atoms with Gasteiger partial charge in [-0.1, -0.05) is 20.3 Å². The van der Waals surface area contributed by atoms with E-state index in [1.54, 1.807) is 0 Å². The van der Waals surface area contributed by atoms with Gasteiger partial charge in [0.05, 0.1) is 5.60 Å². The van der Waals surface area contributed by atoms with Crippen molar-refractivity contribution in [3.63, 3.8) is 0 Å². The molecule has 0 aromatic carbocycles. The van der Waals surface area contributed by atoms with Crippen LogP contribution in [0.3, 0.4) is 0 Å². The normalized spacial score (nSPS) is 22.1. The topological polar surface area (TPSA) is 60.8 Å². The molecular weight excluding hydrogens is 230 g/mol. The molecule has 1 fully saturated rings. The summed E-state index contributed by atoms with van der Waals surface area (Å²) in [4.78, 5) is 13.0. The van der Waals surface area contributed by atoms with Gasteiger partial charge in [0.25, 0.3) is 0 Å². The predicted octanol–water partition coefficient (Wildman–Crippen LogP) is 2.26. The zero-order valence-corrected chi connectivity index (χ0v) is 11.7. The van der Waals surface area contributed by atoms with Gasteiger partial charge in [-0.15, -0.1) is 0 Å². The number of carbonyl (C=O) groups is 1. The molecule has 106 valence electrons. The van der Waals surface area contributed by atoms with Crippen LogP contribution in [0.25, 0.3) is 0 Å². The largest absolute Gasteiger partial charge is 0.481 e. The van der Waals surface area contributed by atoms with Crippen LogP contribution in [0.1, 0.15) is 58.8 Å². The average molecular weight is 257 g/mol. The molecule has 0 bridgehead atoms. The number of hydrogen-bond donors (Lipinski definition) is 2. The van der Waals surface area contributed by atoms with Crippen LogP contribution in [0.15, 0.2) is 0 Å². The second-order valence-electron chi connectivity index (χ2n) is 5.48. The summed E-state index contributed by atoms with van der Waals surface area (Å²) in [5, 5.41) is 19.2. The first-order valence-electron chi connectivity index (χ1n) is 7.19. The van der Waals surface area contributed by atoms with Crippen molar-refractivity contribution in [1.29, 1.82) is 0 Å². The maximum atomic E-state index is 10.7. The number of hydrogen-bond acceptors (Lipinski definition) is 3. The number of β-amino-alcohol motifs (C(OH)–C–C–N with tert-alkyl or cyclic N) is 1. The van der Waals surface area contributed by atoms with Gasteiger partial charge in [-0.2, -0.15) is 0 Å². The fraction of sp³-hybridized carbons (Fsp3) is 0.929. The van der Waals surface area contributed by atoms with E-state index in [0.717, 1.165) is 32.2 Å². The Hall–Kier alpha value is -0.610.